The Balaban J connectivity index is 1.69. The number of hydrogen-bond acceptors (Lipinski definition) is 3. The van der Waals surface area contributed by atoms with Gasteiger partial charge in [0.05, 0.1) is 5.56 Å². The van der Waals surface area contributed by atoms with Crippen LogP contribution in [0.15, 0.2) is 11.4 Å². The average molecular weight is 234 g/mol. The third-order valence-electron chi connectivity index (χ3n) is 3.24. The van der Waals surface area contributed by atoms with Crippen molar-refractivity contribution >= 4 is 11.3 Å². The van der Waals surface area contributed by atoms with Gasteiger partial charge in [0, 0.05) is 16.8 Å². The Bertz CT molecular complexity index is 358. The number of hydrogen-bond donors (Lipinski definition) is 1. The molecule has 1 fully saturated rings. The van der Waals surface area contributed by atoms with E-state index in [1.54, 1.807) is 11.3 Å². The van der Waals surface area contributed by atoms with Crippen molar-refractivity contribution in [3.05, 3.63) is 21.9 Å². The lowest BCUT2D eigenvalue weighted by Gasteiger charge is -2.21. The number of nitriles is 1. The first-order valence-corrected chi connectivity index (χ1v) is 6.94. The summed E-state index contributed by atoms with van der Waals surface area (Å²) in [6, 6.07) is 4.15. The van der Waals surface area contributed by atoms with Crippen LogP contribution in [0.2, 0.25) is 0 Å². The lowest BCUT2D eigenvalue weighted by molar-refractivity contribution is 0.342. The minimum Gasteiger partial charge on any atom is -0.312 e. The van der Waals surface area contributed by atoms with Crippen LogP contribution in [-0.2, 0) is 6.54 Å². The molecule has 0 atom stereocenters. The zero-order valence-electron chi connectivity index (χ0n) is 9.54. The fourth-order valence-electron chi connectivity index (χ4n) is 2.32. The molecule has 3 heteroatoms. The van der Waals surface area contributed by atoms with E-state index in [9.17, 15) is 0 Å². The van der Waals surface area contributed by atoms with E-state index < -0.39 is 0 Å². The fourth-order valence-corrected chi connectivity index (χ4v) is 3.10. The standard InChI is InChI=1S/C13H18N2S/c14-7-12-6-13(16-10-12)9-15-8-11-4-2-1-3-5-11/h6,10-11,15H,1-5,8-9H2. The van der Waals surface area contributed by atoms with Crippen LogP contribution >= 0.6 is 11.3 Å². The Morgan fingerprint density at radius 3 is 2.88 bits per heavy atom. The third kappa shape index (κ3) is 3.33. The van der Waals surface area contributed by atoms with Gasteiger partial charge >= 0.3 is 0 Å². The maximum Gasteiger partial charge on any atom is 0.100 e. The van der Waals surface area contributed by atoms with Crippen molar-refractivity contribution in [2.45, 2.75) is 38.6 Å². The van der Waals surface area contributed by atoms with E-state index in [0.29, 0.717) is 0 Å². The zero-order chi connectivity index (χ0) is 11.2. The van der Waals surface area contributed by atoms with Crippen LogP contribution in [0.3, 0.4) is 0 Å². The van der Waals surface area contributed by atoms with Gasteiger partial charge in [-0.1, -0.05) is 19.3 Å². The quantitative estimate of drug-likeness (QED) is 0.867. The summed E-state index contributed by atoms with van der Waals surface area (Å²) < 4.78 is 0. The van der Waals surface area contributed by atoms with Crippen LogP contribution in [0, 0.1) is 17.2 Å². The molecular formula is C13H18N2S. The van der Waals surface area contributed by atoms with Gasteiger partial charge in [-0.2, -0.15) is 5.26 Å². The second kappa shape index (κ2) is 6.03. The molecule has 0 amide bonds. The van der Waals surface area contributed by atoms with Crippen molar-refractivity contribution in [2.75, 3.05) is 6.54 Å². The van der Waals surface area contributed by atoms with Crippen LogP contribution in [-0.4, -0.2) is 6.54 Å². The molecule has 0 radical (unpaired) electrons. The lowest BCUT2D eigenvalue weighted by Crippen LogP contribution is -2.23. The second-order valence-corrected chi connectivity index (χ2v) is 5.54. The second-order valence-electron chi connectivity index (χ2n) is 4.55. The summed E-state index contributed by atoms with van der Waals surface area (Å²) in [5.74, 6) is 0.879. The van der Waals surface area contributed by atoms with Crippen LogP contribution in [0.25, 0.3) is 0 Å². The smallest absolute Gasteiger partial charge is 0.100 e. The van der Waals surface area contributed by atoms with E-state index >= 15 is 0 Å². The number of rotatable bonds is 4. The Hall–Kier alpha value is -0.850. The molecule has 0 unspecified atom stereocenters. The normalized spacial score (nSPS) is 17.2. The predicted octanol–water partition coefficient (Wildman–Crippen LogP) is 3.29. The molecule has 1 saturated carbocycles. The first kappa shape index (κ1) is 11.6. The number of thiophene rings is 1. The van der Waals surface area contributed by atoms with E-state index in [1.165, 1.54) is 37.0 Å². The van der Waals surface area contributed by atoms with Crippen molar-refractivity contribution in [3.8, 4) is 6.07 Å². The first-order valence-electron chi connectivity index (χ1n) is 6.06. The van der Waals surface area contributed by atoms with Gasteiger partial charge in [0.2, 0.25) is 0 Å². The Kier molecular flexibility index (Phi) is 4.38. The van der Waals surface area contributed by atoms with Gasteiger partial charge in [-0.25, -0.2) is 0 Å². The summed E-state index contributed by atoms with van der Waals surface area (Å²) in [4.78, 5) is 1.27. The Labute approximate surface area is 101 Å². The molecular weight excluding hydrogens is 216 g/mol. The fraction of sp³-hybridized carbons (Fsp3) is 0.615. The molecule has 1 N–H and O–H groups in total. The Morgan fingerprint density at radius 2 is 2.19 bits per heavy atom. The third-order valence-corrected chi connectivity index (χ3v) is 4.18. The van der Waals surface area contributed by atoms with Gasteiger partial charge in [-0.3, -0.25) is 0 Å². The van der Waals surface area contributed by atoms with Gasteiger partial charge in [0.25, 0.3) is 0 Å². The summed E-state index contributed by atoms with van der Waals surface area (Å²) in [6.07, 6.45) is 7.02. The van der Waals surface area contributed by atoms with Crippen LogP contribution < -0.4 is 5.32 Å². The van der Waals surface area contributed by atoms with Crippen LogP contribution in [0.1, 0.15) is 42.5 Å². The lowest BCUT2D eigenvalue weighted by atomic mass is 9.89. The average Bonchev–Trinajstić information content (AvgIpc) is 2.78. The molecule has 1 aromatic rings. The topological polar surface area (TPSA) is 35.8 Å². The first-order chi connectivity index (χ1) is 7.88. The van der Waals surface area contributed by atoms with Gasteiger partial charge in [0.15, 0.2) is 0 Å². The van der Waals surface area contributed by atoms with Crippen molar-refractivity contribution in [3.63, 3.8) is 0 Å². The predicted molar refractivity (Wildman–Crippen MR) is 67.3 cm³/mol. The highest BCUT2D eigenvalue weighted by Crippen LogP contribution is 2.23. The molecule has 0 aromatic carbocycles. The molecule has 0 saturated heterocycles. The largest absolute Gasteiger partial charge is 0.312 e. The monoisotopic (exact) mass is 234 g/mol. The van der Waals surface area contributed by atoms with Crippen molar-refractivity contribution < 1.29 is 0 Å². The minimum atomic E-state index is 0.791. The van der Waals surface area contributed by atoms with Crippen molar-refractivity contribution in [1.29, 1.82) is 5.26 Å². The van der Waals surface area contributed by atoms with E-state index in [2.05, 4.69) is 11.4 Å². The zero-order valence-corrected chi connectivity index (χ0v) is 10.4. The van der Waals surface area contributed by atoms with E-state index in [4.69, 9.17) is 5.26 Å². The molecule has 0 spiro atoms. The minimum absolute atomic E-state index is 0.791. The maximum absolute atomic E-state index is 8.72. The Morgan fingerprint density at radius 1 is 1.38 bits per heavy atom. The van der Waals surface area contributed by atoms with Crippen molar-refractivity contribution in [1.82, 2.24) is 5.32 Å². The van der Waals surface area contributed by atoms with E-state index in [0.717, 1.165) is 24.6 Å². The molecule has 1 aliphatic carbocycles. The van der Waals surface area contributed by atoms with Crippen molar-refractivity contribution in [2.24, 2.45) is 5.92 Å². The highest BCUT2D eigenvalue weighted by molar-refractivity contribution is 7.10. The van der Waals surface area contributed by atoms with Gasteiger partial charge < -0.3 is 5.32 Å². The van der Waals surface area contributed by atoms with Gasteiger partial charge in [-0.05, 0) is 31.4 Å². The highest BCUT2D eigenvalue weighted by atomic mass is 32.1. The molecule has 1 aromatic heterocycles. The van der Waals surface area contributed by atoms with Gasteiger partial charge in [0.1, 0.15) is 6.07 Å². The number of nitrogens with one attached hydrogen (secondary N) is 1. The molecule has 2 nitrogen and oxygen atoms in total. The molecule has 1 aliphatic rings. The van der Waals surface area contributed by atoms with E-state index in [1.807, 2.05) is 11.4 Å². The summed E-state index contributed by atoms with van der Waals surface area (Å²) >= 11 is 1.68. The summed E-state index contributed by atoms with van der Waals surface area (Å²) in [5, 5.41) is 14.2. The van der Waals surface area contributed by atoms with Crippen LogP contribution in [0.5, 0.6) is 0 Å². The number of nitrogens with zero attached hydrogens (tertiary/aromatic N) is 1. The van der Waals surface area contributed by atoms with Gasteiger partial charge in [-0.15, -0.1) is 11.3 Å². The summed E-state index contributed by atoms with van der Waals surface area (Å²) in [5.41, 5.74) is 0.791. The highest BCUT2D eigenvalue weighted by Gasteiger charge is 2.12. The maximum atomic E-state index is 8.72. The van der Waals surface area contributed by atoms with Crippen LogP contribution in [0.4, 0.5) is 0 Å². The van der Waals surface area contributed by atoms with E-state index in [-0.39, 0.29) is 0 Å². The summed E-state index contributed by atoms with van der Waals surface area (Å²) in [7, 11) is 0. The summed E-state index contributed by atoms with van der Waals surface area (Å²) in [6.45, 7) is 2.06. The molecule has 16 heavy (non-hydrogen) atoms. The SMILES string of the molecule is N#Cc1csc(CNCC2CCCCC2)c1. The molecule has 2 rings (SSSR count). The molecule has 0 bridgehead atoms. The molecule has 86 valence electrons. The molecule has 0 aliphatic heterocycles. The molecule has 1 heterocycles.